The van der Waals surface area contributed by atoms with Gasteiger partial charge in [-0.2, -0.15) is 0 Å². The lowest BCUT2D eigenvalue weighted by Gasteiger charge is -2.38. The maximum Gasteiger partial charge on any atom is 0.410 e. The Morgan fingerprint density at radius 3 is 1.71 bits per heavy atom. The number of likely N-dealkylation sites (tertiary alicyclic amines) is 1. The van der Waals surface area contributed by atoms with E-state index in [2.05, 4.69) is 25.7 Å². The SMILES string of the molecule is CCCCCCCCCC(CCCCCCC)N(CC(=O)OCCCCCC)CC1CCN(C(=O)OC(C)(C)C)CC1. The van der Waals surface area contributed by atoms with Gasteiger partial charge in [0, 0.05) is 25.7 Å². The van der Waals surface area contributed by atoms with Gasteiger partial charge < -0.3 is 14.4 Å². The van der Waals surface area contributed by atoms with Crippen LogP contribution in [0, 0.1) is 5.92 Å². The molecule has 6 nitrogen and oxygen atoms in total. The number of amides is 1. The molecule has 0 aromatic rings. The fraction of sp³-hybridized carbons (Fsp3) is 0.944. The van der Waals surface area contributed by atoms with E-state index in [1.54, 1.807) is 0 Å². The Morgan fingerprint density at radius 1 is 0.738 bits per heavy atom. The van der Waals surface area contributed by atoms with Gasteiger partial charge in [-0.3, -0.25) is 9.69 Å². The van der Waals surface area contributed by atoms with E-state index in [-0.39, 0.29) is 12.1 Å². The molecule has 1 saturated heterocycles. The van der Waals surface area contributed by atoms with Crippen molar-refractivity contribution in [2.24, 2.45) is 5.92 Å². The molecule has 1 aliphatic rings. The van der Waals surface area contributed by atoms with Crippen LogP contribution in [0.3, 0.4) is 0 Å². The lowest BCUT2D eigenvalue weighted by Crippen LogP contribution is -2.47. The molecule has 0 N–H and O–H groups in total. The molecule has 1 aliphatic heterocycles. The first kappa shape index (κ1) is 38.7. The predicted octanol–water partition coefficient (Wildman–Crippen LogP) is 9.93. The summed E-state index contributed by atoms with van der Waals surface area (Å²) in [4.78, 5) is 30.0. The molecule has 1 atom stereocenters. The summed E-state index contributed by atoms with van der Waals surface area (Å²) in [5.41, 5.74) is -0.470. The van der Waals surface area contributed by atoms with Gasteiger partial charge >= 0.3 is 12.1 Å². The molecule has 248 valence electrons. The van der Waals surface area contributed by atoms with Crippen LogP contribution in [-0.2, 0) is 14.3 Å². The first-order valence-corrected chi connectivity index (χ1v) is 18.1. The number of rotatable bonds is 24. The highest BCUT2D eigenvalue weighted by molar-refractivity contribution is 5.71. The number of unbranched alkanes of at least 4 members (excludes halogenated alkanes) is 13. The Bertz CT molecular complexity index is 670. The van der Waals surface area contributed by atoms with E-state index in [9.17, 15) is 9.59 Å². The Kier molecular flexibility index (Phi) is 22.2. The van der Waals surface area contributed by atoms with Gasteiger partial charge in [-0.05, 0) is 58.8 Å². The van der Waals surface area contributed by atoms with Crippen molar-refractivity contribution in [1.82, 2.24) is 9.80 Å². The van der Waals surface area contributed by atoms with Crippen LogP contribution < -0.4 is 0 Å². The van der Waals surface area contributed by atoms with Gasteiger partial charge in [0.1, 0.15) is 5.60 Å². The molecular formula is C36H70N2O4. The van der Waals surface area contributed by atoms with Crippen LogP contribution in [-0.4, -0.2) is 66.3 Å². The summed E-state index contributed by atoms with van der Waals surface area (Å²) in [7, 11) is 0. The molecule has 1 rings (SSSR count). The lowest BCUT2D eigenvalue weighted by atomic mass is 9.93. The fourth-order valence-corrected chi connectivity index (χ4v) is 6.06. The quantitative estimate of drug-likeness (QED) is 0.0822. The van der Waals surface area contributed by atoms with Gasteiger partial charge in [-0.1, -0.05) is 117 Å². The van der Waals surface area contributed by atoms with Gasteiger partial charge in [-0.25, -0.2) is 4.79 Å². The molecule has 1 heterocycles. The molecular weight excluding hydrogens is 524 g/mol. The Hall–Kier alpha value is -1.30. The minimum Gasteiger partial charge on any atom is -0.465 e. The maximum absolute atomic E-state index is 13.1. The molecule has 1 fully saturated rings. The van der Waals surface area contributed by atoms with Crippen LogP contribution in [0.15, 0.2) is 0 Å². The first-order valence-electron chi connectivity index (χ1n) is 18.1. The summed E-state index contributed by atoms with van der Waals surface area (Å²) in [6, 6.07) is 0.429. The second-order valence-electron chi connectivity index (χ2n) is 13.9. The third-order valence-electron chi connectivity index (χ3n) is 8.65. The summed E-state index contributed by atoms with van der Waals surface area (Å²) in [6.45, 7) is 15.8. The van der Waals surface area contributed by atoms with Crippen molar-refractivity contribution in [3.05, 3.63) is 0 Å². The number of hydrogen-bond acceptors (Lipinski definition) is 5. The zero-order chi connectivity index (χ0) is 31.1. The molecule has 1 amide bonds. The second-order valence-corrected chi connectivity index (χ2v) is 13.9. The standard InChI is InChI=1S/C36H70N2O4/c1-7-10-13-16-17-19-21-24-33(23-20-18-14-11-8-2)38(31-34(39)41-29-22-15-12-9-3)30-32-25-27-37(28-26-32)35(40)42-36(4,5)6/h32-33H,7-31H2,1-6H3. The van der Waals surface area contributed by atoms with Crippen molar-refractivity contribution in [3.8, 4) is 0 Å². The topological polar surface area (TPSA) is 59.1 Å². The largest absolute Gasteiger partial charge is 0.465 e. The maximum atomic E-state index is 13.1. The van der Waals surface area contributed by atoms with Gasteiger partial charge in [0.25, 0.3) is 0 Å². The summed E-state index contributed by atoms with van der Waals surface area (Å²) in [6.07, 6.45) is 24.1. The van der Waals surface area contributed by atoms with E-state index in [1.807, 2.05) is 25.7 Å². The van der Waals surface area contributed by atoms with Crippen molar-refractivity contribution in [1.29, 1.82) is 0 Å². The van der Waals surface area contributed by atoms with Gasteiger partial charge in [0.15, 0.2) is 0 Å². The van der Waals surface area contributed by atoms with Crippen molar-refractivity contribution >= 4 is 12.1 Å². The lowest BCUT2D eigenvalue weighted by molar-refractivity contribution is -0.146. The van der Waals surface area contributed by atoms with Gasteiger partial charge in [-0.15, -0.1) is 0 Å². The Labute approximate surface area is 261 Å². The van der Waals surface area contributed by atoms with E-state index in [0.29, 0.717) is 25.1 Å². The number of carbonyl (C=O) groups is 2. The number of ether oxygens (including phenoxy) is 2. The molecule has 0 saturated carbocycles. The average Bonchev–Trinajstić information content (AvgIpc) is 2.94. The average molecular weight is 595 g/mol. The molecule has 0 aromatic carbocycles. The van der Waals surface area contributed by atoms with Crippen LogP contribution in [0.25, 0.3) is 0 Å². The first-order chi connectivity index (χ1) is 20.2. The molecule has 0 bridgehead atoms. The smallest absolute Gasteiger partial charge is 0.410 e. The monoisotopic (exact) mass is 595 g/mol. The minimum absolute atomic E-state index is 0.0618. The van der Waals surface area contributed by atoms with Crippen LogP contribution in [0.2, 0.25) is 0 Å². The molecule has 0 aliphatic carbocycles. The van der Waals surface area contributed by atoms with Crippen molar-refractivity contribution in [2.45, 2.75) is 182 Å². The molecule has 0 aromatic heterocycles. The third-order valence-corrected chi connectivity index (χ3v) is 8.65. The Morgan fingerprint density at radius 2 is 1.21 bits per heavy atom. The van der Waals surface area contributed by atoms with E-state index in [0.717, 1.165) is 45.3 Å². The zero-order valence-electron chi connectivity index (χ0n) is 28.9. The van der Waals surface area contributed by atoms with E-state index >= 15 is 0 Å². The number of hydrogen-bond donors (Lipinski definition) is 0. The van der Waals surface area contributed by atoms with Gasteiger partial charge in [0.2, 0.25) is 0 Å². The van der Waals surface area contributed by atoms with E-state index in [4.69, 9.17) is 9.47 Å². The van der Waals surface area contributed by atoms with Crippen LogP contribution in [0.4, 0.5) is 4.79 Å². The predicted molar refractivity (Wildman–Crippen MR) is 177 cm³/mol. The Balaban J connectivity index is 2.82. The molecule has 1 unspecified atom stereocenters. The number of carbonyl (C=O) groups excluding carboxylic acids is 2. The molecule has 42 heavy (non-hydrogen) atoms. The third kappa shape index (κ3) is 19.8. The van der Waals surface area contributed by atoms with Crippen molar-refractivity contribution in [3.63, 3.8) is 0 Å². The second kappa shape index (κ2) is 24.1. The number of piperidine rings is 1. The van der Waals surface area contributed by atoms with Crippen molar-refractivity contribution < 1.29 is 19.1 Å². The molecule has 6 heteroatoms. The fourth-order valence-electron chi connectivity index (χ4n) is 6.06. The minimum atomic E-state index is -0.470. The van der Waals surface area contributed by atoms with Crippen LogP contribution in [0.5, 0.6) is 0 Å². The number of esters is 1. The summed E-state index contributed by atoms with van der Waals surface area (Å²) in [5.74, 6) is 0.422. The van der Waals surface area contributed by atoms with Crippen LogP contribution in [0.1, 0.15) is 170 Å². The van der Waals surface area contributed by atoms with Gasteiger partial charge in [0.05, 0.1) is 13.2 Å². The number of nitrogens with zero attached hydrogens (tertiary/aromatic N) is 2. The highest BCUT2D eigenvalue weighted by Gasteiger charge is 2.30. The highest BCUT2D eigenvalue weighted by atomic mass is 16.6. The molecule has 0 radical (unpaired) electrons. The summed E-state index contributed by atoms with van der Waals surface area (Å²) < 4.78 is 11.4. The normalized spacial score (nSPS) is 15.3. The molecule has 0 spiro atoms. The van der Waals surface area contributed by atoms with E-state index in [1.165, 1.54) is 103 Å². The van der Waals surface area contributed by atoms with Crippen molar-refractivity contribution in [2.75, 3.05) is 32.8 Å². The highest BCUT2D eigenvalue weighted by Crippen LogP contribution is 2.25. The summed E-state index contributed by atoms with van der Waals surface area (Å²) >= 11 is 0. The zero-order valence-corrected chi connectivity index (χ0v) is 28.9. The van der Waals surface area contributed by atoms with Crippen LogP contribution >= 0.6 is 0 Å². The van der Waals surface area contributed by atoms with E-state index < -0.39 is 5.60 Å². The summed E-state index contributed by atoms with van der Waals surface area (Å²) in [5, 5.41) is 0.